The van der Waals surface area contributed by atoms with Crippen LogP contribution in [-0.2, 0) is 17.6 Å². The van der Waals surface area contributed by atoms with Crippen LogP contribution in [0.25, 0.3) is 22.6 Å². The van der Waals surface area contributed by atoms with Crippen LogP contribution < -0.4 is 86.3 Å². The quantitative estimate of drug-likeness (QED) is 0.0509. The largest absolute Gasteiger partial charge is 0.444 e. The number of alkyl carbamates (subject to hydrolysis) is 1. The Balaban J connectivity index is 0.000000148. The van der Waals surface area contributed by atoms with Crippen LogP contribution in [0.4, 0.5) is 51.3 Å². The van der Waals surface area contributed by atoms with E-state index in [1.165, 1.54) is 0 Å². The number of nitrogens with two attached hydrogens (primary N) is 7. The second-order valence-corrected chi connectivity index (χ2v) is 27.3. The second kappa shape index (κ2) is 31.9. The third-order valence-electron chi connectivity index (χ3n) is 16.6. The van der Waals surface area contributed by atoms with Gasteiger partial charge in [0.1, 0.15) is 64.8 Å². The predicted molar refractivity (Wildman–Crippen MR) is 382 cm³/mol. The Kier molecular flexibility index (Phi) is 24.3. The van der Waals surface area contributed by atoms with Crippen molar-refractivity contribution >= 4 is 135 Å². The van der Waals surface area contributed by atoms with E-state index in [-0.39, 0.29) is 0 Å². The molecule has 8 aromatic heterocycles. The number of aryl methyl sites for hydroxylation is 4. The molecule has 19 N–H and O–H groups in total. The lowest BCUT2D eigenvalue weighted by atomic mass is 10.2. The molecule has 8 aromatic rings. The standard InChI is InChI=1S/C19H30BrN7O2.C14H22BrN7.C13H20BrN7.C13H20ClN7/c1-5-12-10-24-27-15(21)14(20)17(25-16(12)27)26-9-6-13(11-26)22-7-8-23-18(28)29-19(2,3)4;1-2-9-7-19-22-12(17)11(15)14(20-13(9)22)21-6-3-10(8-21)18-5-4-16;2*1-8-6-18-21-11(16)10(14)13(19-12(8)21)20-5-2-9(7-20)17-4-3-15/h10,13,22H,5-9,11,21H2,1-4H3,(H,23,28);7,10,18H,2-6,8,16-17H2,1H3;2*6,9,17H,2-5,7,15-16H2,1H3/t13-;10-;2*9-/m0000/s1. The fourth-order valence-electron chi connectivity index (χ4n) is 11.7. The zero-order valence-electron chi connectivity index (χ0n) is 54.2. The molecule has 4 aliphatic heterocycles. The van der Waals surface area contributed by atoms with E-state index in [0.29, 0.717) is 85.2 Å². The van der Waals surface area contributed by atoms with Crippen molar-refractivity contribution in [1.29, 1.82) is 0 Å². The minimum atomic E-state index is -0.486. The first-order valence-corrected chi connectivity index (χ1v) is 34.6. The van der Waals surface area contributed by atoms with E-state index >= 15 is 0 Å². The molecular formula is C59H92Br3ClN28O2. The van der Waals surface area contributed by atoms with E-state index in [2.05, 4.69) is 133 Å². The summed E-state index contributed by atoms with van der Waals surface area (Å²) in [5.41, 5.74) is 48.3. The minimum absolute atomic E-state index is 0.317. The summed E-state index contributed by atoms with van der Waals surface area (Å²) < 4.78 is 14.3. The Morgan fingerprint density at radius 3 is 1.20 bits per heavy atom. The maximum absolute atomic E-state index is 11.7. The van der Waals surface area contributed by atoms with Crippen LogP contribution in [0.2, 0.25) is 5.02 Å². The summed E-state index contributed by atoms with van der Waals surface area (Å²) in [4.78, 5) is 39.6. The number of fused-ring (bicyclic) bond motifs is 4. The molecule has 4 fully saturated rings. The van der Waals surface area contributed by atoms with Gasteiger partial charge in [-0.15, -0.1) is 0 Å². The maximum atomic E-state index is 11.7. The van der Waals surface area contributed by atoms with Gasteiger partial charge in [0.05, 0.1) is 24.8 Å². The number of rotatable bonds is 19. The van der Waals surface area contributed by atoms with Crippen LogP contribution in [-0.4, -0.2) is 199 Å². The van der Waals surface area contributed by atoms with Crippen molar-refractivity contribution in [3.63, 3.8) is 0 Å². The predicted octanol–water partition coefficient (Wildman–Crippen LogP) is 4.00. The van der Waals surface area contributed by atoms with Gasteiger partial charge in [-0.05, 0) is 121 Å². The van der Waals surface area contributed by atoms with E-state index in [4.69, 9.17) is 71.4 Å². The molecule has 4 saturated heterocycles. The molecule has 30 nitrogen and oxygen atoms in total. The average molecular weight is 1500 g/mol. The lowest BCUT2D eigenvalue weighted by molar-refractivity contribution is 0.0528. The summed E-state index contributed by atoms with van der Waals surface area (Å²) in [5, 5.41) is 34.2. The molecule has 0 unspecified atom stereocenters. The number of carbonyl (C=O) groups excluding carboxylic acids is 1. The third kappa shape index (κ3) is 16.6. The lowest BCUT2D eigenvalue weighted by Crippen LogP contribution is -2.40. The van der Waals surface area contributed by atoms with Gasteiger partial charge in [0.2, 0.25) is 0 Å². The Morgan fingerprint density at radius 1 is 0.516 bits per heavy atom. The molecule has 0 aromatic carbocycles. The van der Waals surface area contributed by atoms with E-state index in [1.54, 1.807) is 30.5 Å². The zero-order chi connectivity index (χ0) is 66.8. The number of hydrogen-bond donors (Lipinski definition) is 12. The van der Waals surface area contributed by atoms with Crippen molar-refractivity contribution in [3.8, 4) is 0 Å². The highest BCUT2D eigenvalue weighted by atomic mass is 79.9. The Labute approximate surface area is 572 Å². The van der Waals surface area contributed by atoms with Crippen molar-refractivity contribution in [2.45, 2.75) is 117 Å². The van der Waals surface area contributed by atoms with Crippen LogP contribution in [0.15, 0.2) is 38.2 Å². The van der Waals surface area contributed by atoms with E-state index < -0.39 is 11.7 Å². The number of halogens is 4. The van der Waals surface area contributed by atoms with Gasteiger partial charge >= 0.3 is 6.09 Å². The highest BCUT2D eigenvalue weighted by molar-refractivity contribution is 9.11. The molecule has 12 rings (SSSR count). The van der Waals surface area contributed by atoms with Crippen molar-refractivity contribution in [1.82, 2.24) is 85.0 Å². The molecule has 508 valence electrons. The van der Waals surface area contributed by atoms with Gasteiger partial charge in [-0.1, -0.05) is 25.4 Å². The molecule has 0 spiro atoms. The van der Waals surface area contributed by atoms with Gasteiger partial charge < -0.3 is 91.1 Å². The number of nitrogens with one attached hydrogen (secondary N) is 5. The molecule has 4 atom stereocenters. The summed E-state index contributed by atoms with van der Waals surface area (Å²) in [5.74, 6) is 5.55. The van der Waals surface area contributed by atoms with Gasteiger partial charge in [0.25, 0.3) is 0 Å². The molecule has 34 heteroatoms. The number of nitrogen functional groups attached to an aromatic ring is 4. The van der Waals surface area contributed by atoms with Crippen LogP contribution in [0.3, 0.4) is 0 Å². The molecule has 0 aliphatic carbocycles. The number of hydrogen-bond acceptors (Lipinski definition) is 25. The summed E-state index contributed by atoms with van der Waals surface area (Å²) in [6.45, 7) is 26.5. The van der Waals surface area contributed by atoms with Gasteiger partial charge in [-0.25, -0.2) is 24.7 Å². The number of aromatic nitrogens is 12. The topological polar surface area (TPSA) is 402 Å². The Hall–Kier alpha value is -6.40. The van der Waals surface area contributed by atoms with Gasteiger partial charge in [-0.2, -0.15) is 38.5 Å². The summed E-state index contributed by atoms with van der Waals surface area (Å²) in [6, 6.07) is 1.63. The van der Waals surface area contributed by atoms with Gasteiger partial charge in [0, 0.05) is 151 Å². The highest BCUT2D eigenvalue weighted by Crippen LogP contribution is 2.37. The Morgan fingerprint density at radius 2 is 0.839 bits per heavy atom. The monoisotopic (exact) mass is 1500 g/mol. The molecular weight excluding hydrogens is 1410 g/mol. The first kappa shape index (κ1) is 70.9. The zero-order valence-corrected chi connectivity index (χ0v) is 59.7. The summed E-state index contributed by atoms with van der Waals surface area (Å²) in [6.07, 6.45) is 12.7. The van der Waals surface area contributed by atoms with Crippen LogP contribution in [0.1, 0.15) is 82.6 Å². The van der Waals surface area contributed by atoms with Crippen molar-refractivity contribution in [3.05, 3.63) is 65.5 Å². The van der Waals surface area contributed by atoms with Gasteiger partial charge in [-0.3, -0.25) is 0 Å². The number of anilines is 8. The summed E-state index contributed by atoms with van der Waals surface area (Å²) >= 11 is 17.1. The van der Waals surface area contributed by atoms with Gasteiger partial charge in [0.15, 0.2) is 28.4 Å². The van der Waals surface area contributed by atoms with Crippen LogP contribution in [0.5, 0.6) is 0 Å². The van der Waals surface area contributed by atoms with Crippen molar-refractivity contribution < 1.29 is 9.53 Å². The maximum Gasteiger partial charge on any atom is 0.407 e. The van der Waals surface area contributed by atoms with Crippen LogP contribution in [0, 0.1) is 13.8 Å². The molecule has 0 radical (unpaired) electrons. The first-order valence-electron chi connectivity index (χ1n) is 31.8. The molecule has 93 heavy (non-hydrogen) atoms. The van der Waals surface area contributed by atoms with E-state index in [9.17, 15) is 4.79 Å². The highest BCUT2D eigenvalue weighted by Gasteiger charge is 2.31. The fourth-order valence-corrected chi connectivity index (χ4v) is 13.4. The number of nitrogens with zero attached hydrogens (tertiary/aromatic N) is 16. The van der Waals surface area contributed by atoms with E-state index in [0.717, 1.165) is 192 Å². The molecule has 0 saturated carbocycles. The summed E-state index contributed by atoms with van der Waals surface area (Å²) in [7, 11) is 0. The first-order chi connectivity index (χ1) is 44.6. The number of ether oxygens (including phenoxy) is 1. The normalized spacial score (nSPS) is 18.2. The molecule has 4 aliphatic rings. The molecule has 0 bridgehead atoms. The molecule has 1 amide bonds. The third-order valence-corrected chi connectivity index (χ3v) is 19.2. The van der Waals surface area contributed by atoms with Crippen LogP contribution >= 0.6 is 59.4 Å². The number of amides is 1. The Bertz CT molecular complexity index is 3720. The lowest BCUT2D eigenvalue weighted by Gasteiger charge is -2.21. The van der Waals surface area contributed by atoms with Crippen molar-refractivity contribution in [2.24, 2.45) is 17.2 Å². The second-order valence-electron chi connectivity index (χ2n) is 24.5. The minimum Gasteiger partial charge on any atom is -0.444 e. The molecule has 12 heterocycles. The average Bonchev–Trinajstić information content (AvgIpc) is 1.77. The fraction of sp³-hybridized carbons (Fsp3) is 0.576. The smallest absolute Gasteiger partial charge is 0.407 e. The van der Waals surface area contributed by atoms with E-state index in [1.807, 2.05) is 47.0 Å². The van der Waals surface area contributed by atoms with Crippen molar-refractivity contribution in [2.75, 3.05) is 147 Å². The SMILES string of the molecule is CCc1cnn2c(N)c(Br)c(N3CC[C@H](NCCN)C3)nc12.CCc1cnn2c(N)c(Br)c(N3CC[C@H](NCCNC(=O)OC(C)(C)C)C3)nc12.Cc1cnn2c(N)c(Br)c(N3CC[C@H](NCCN)C3)nc12.Cc1cnn2c(N)c(Cl)c(N3CC[C@H](NCCN)C3)nc12. The number of carbonyl (C=O) groups is 1.